The van der Waals surface area contributed by atoms with E-state index in [2.05, 4.69) is 44.7 Å². The first-order valence-corrected chi connectivity index (χ1v) is 8.46. The number of amides is 1. The Morgan fingerprint density at radius 3 is 2.52 bits per heavy atom. The third kappa shape index (κ3) is 3.26. The Hall–Kier alpha value is -0.610. The molecular formula is C17H33N3O. The second kappa shape index (κ2) is 6.25. The normalized spacial score (nSPS) is 36.8. The Labute approximate surface area is 130 Å². The molecule has 0 aromatic heterocycles. The van der Waals surface area contributed by atoms with E-state index < -0.39 is 0 Å². The van der Waals surface area contributed by atoms with E-state index in [0.29, 0.717) is 17.9 Å². The van der Waals surface area contributed by atoms with E-state index in [1.165, 1.54) is 6.42 Å². The minimum absolute atomic E-state index is 0.000188. The molecule has 1 amide bonds. The molecule has 2 rings (SSSR count). The summed E-state index contributed by atoms with van der Waals surface area (Å²) in [7, 11) is 4.23. The molecule has 2 fully saturated rings. The van der Waals surface area contributed by atoms with Crippen LogP contribution in [0.1, 0.15) is 46.5 Å². The van der Waals surface area contributed by atoms with Crippen molar-refractivity contribution in [2.45, 2.75) is 58.5 Å². The molecule has 1 heterocycles. The SMILES string of the molecule is CC1C(N)CCC(C(=O)N2CCCC(N(C)C)C2)C1(C)C. The van der Waals surface area contributed by atoms with Crippen LogP contribution in [-0.2, 0) is 4.79 Å². The minimum Gasteiger partial charge on any atom is -0.341 e. The predicted molar refractivity (Wildman–Crippen MR) is 86.9 cm³/mol. The molecule has 2 N–H and O–H groups in total. The molecule has 1 aliphatic carbocycles. The summed E-state index contributed by atoms with van der Waals surface area (Å²) >= 11 is 0. The lowest BCUT2D eigenvalue weighted by Gasteiger charge is -2.48. The van der Waals surface area contributed by atoms with E-state index in [4.69, 9.17) is 5.73 Å². The van der Waals surface area contributed by atoms with Gasteiger partial charge in [0.25, 0.3) is 0 Å². The van der Waals surface area contributed by atoms with Crippen molar-refractivity contribution in [2.24, 2.45) is 23.0 Å². The highest BCUT2D eigenvalue weighted by atomic mass is 16.2. The quantitative estimate of drug-likeness (QED) is 0.847. The third-order valence-electron chi connectivity index (χ3n) is 6.24. The molecule has 0 bridgehead atoms. The third-order valence-corrected chi connectivity index (χ3v) is 6.24. The van der Waals surface area contributed by atoms with Gasteiger partial charge in [-0.3, -0.25) is 4.79 Å². The van der Waals surface area contributed by atoms with Gasteiger partial charge in [-0.1, -0.05) is 20.8 Å². The Morgan fingerprint density at radius 2 is 1.90 bits per heavy atom. The molecule has 1 saturated carbocycles. The van der Waals surface area contributed by atoms with Crippen molar-refractivity contribution in [2.75, 3.05) is 27.2 Å². The number of hydrogen-bond donors (Lipinski definition) is 1. The monoisotopic (exact) mass is 295 g/mol. The van der Waals surface area contributed by atoms with Crippen molar-refractivity contribution in [3.8, 4) is 0 Å². The van der Waals surface area contributed by atoms with Crippen LogP contribution < -0.4 is 5.73 Å². The maximum absolute atomic E-state index is 13.1. The van der Waals surface area contributed by atoms with Crippen LogP contribution >= 0.6 is 0 Å². The number of rotatable bonds is 2. The number of carbonyl (C=O) groups excluding carboxylic acids is 1. The van der Waals surface area contributed by atoms with Crippen LogP contribution in [0.5, 0.6) is 0 Å². The fraction of sp³-hybridized carbons (Fsp3) is 0.941. The molecule has 4 heteroatoms. The van der Waals surface area contributed by atoms with Crippen LogP contribution in [-0.4, -0.2) is 55.0 Å². The Balaban J connectivity index is 2.08. The first-order valence-electron chi connectivity index (χ1n) is 8.46. The van der Waals surface area contributed by atoms with Crippen molar-refractivity contribution in [1.82, 2.24) is 9.80 Å². The largest absolute Gasteiger partial charge is 0.341 e. The van der Waals surface area contributed by atoms with Gasteiger partial charge < -0.3 is 15.5 Å². The molecule has 21 heavy (non-hydrogen) atoms. The van der Waals surface area contributed by atoms with Gasteiger partial charge in [-0.05, 0) is 51.1 Å². The van der Waals surface area contributed by atoms with Crippen LogP contribution in [0.3, 0.4) is 0 Å². The zero-order chi connectivity index (χ0) is 15.8. The topological polar surface area (TPSA) is 49.6 Å². The second-order valence-corrected chi connectivity index (χ2v) is 7.95. The van der Waals surface area contributed by atoms with Gasteiger partial charge in [0.1, 0.15) is 0 Å². The summed E-state index contributed by atoms with van der Waals surface area (Å²) in [6.07, 6.45) is 4.25. The van der Waals surface area contributed by atoms with Gasteiger partial charge in [0, 0.05) is 31.1 Å². The molecule has 0 spiro atoms. The van der Waals surface area contributed by atoms with E-state index in [1.807, 2.05) is 0 Å². The summed E-state index contributed by atoms with van der Waals surface area (Å²) in [5, 5.41) is 0. The lowest BCUT2D eigenvalue weighted by molar-refractivity contribution is -0.145. The van der Waals surface area contributed by atoms with E-state index in [9.17, 15) is 4.79 Å². The summed E-state index contributed by atoms with van der Waals surface area (Å²) in [5.41, 5.74) is 6.22. The van der Waals surface area contributed by atoms with Gasteiger partial charge in [-0.15, -0.1) is 0 Å². The van der Waals surface area contributed by atoms with Crippen molar-refractivity contribution in [3.05, 3.63) is 0 Å². The molecule has 122 valence electrons. The zero-order valence-electron chi connectivity index (χ0n) is 14.4. The lowest BCUT2D eigenvalue weighted by atomic mass is 9.60. The standard InChI is InChI=1S/C17H33N3O/c1-12-15(18)9-8-14(17(12,2)3)16(21)20-10-6-7-13(11-20)19(4)5/h12-15H,6-11,18H2,1-5H3. The number of nitrogens with two attached hydrogens (primary N) is 1. The summed E-state index contributed by atoms with van der Waals surface area (Å²) in [6.45, 7) is 8.48. The predicted octanol–water partition coefficient (Wildman–Crippen LogP) is 1.94. The number of nitrogens with zero attached hydrogens (tertiary/aromatic N) is 2. The average Bonchev–Trinajstić information content (AvgIpc) is 2.44. The first-order chi connectivity index (χ1) is 9.75. The van der Waals surface area contributed by atoms with Crippen molar-refractivity contribution in [3.63, 3.8) is 0 Å². The molecule has 0 aromatic carbocycles. The summed E-state index contributed by atoms with van der Waals surface area (Å²) < 4.78 is 0. The van der Waals surface area contributed by atoms with Gasteiger partial charge in [0.05, 0.1) is 0 Å². The van der Waals surface area contributed by atoms with Gasteiger partial charge in [-0.25, -0.2) is 0 Å². The highest BCUT2D eigenvalue weighted by molar-refractivity contribution is 5.80. The average molecular weight is 295 g/mol. The van der Waals surface area contributed by atoms with Gasteiger partial charge >= 0.3 is 0 Å². The maximum atomic E-state index is 13.1. The van der Waals surface area contributed by atoms with E-state index >= 15 is 0 Å². The number of piperidine rings is 1. The van der Waals surface area contributed by atoms with Gasteiger partial charge in [-0.2, -0.15) is 0 Å². The molecule has 0 radical (unpaired) electrons. The molecule has 4 unspecified atom stereocenters. The molecule has 2 aliphatic rings. The van der Waals surface area contributed by atoms with E-state index in [1.54, 1.807) is 0 Å². The summed E-state index contributed by atoms with van der Waals surface area (Å²) in [5.74, 6) is 0.896. The Morgan fingerprint density at radius 1 is 1.24 bits per heavy atom. The van der Waals surface area contributed by atoms with Crippen LogP contribution in [0.4, 0.5) is 0 Å². The number of likely N-dealkylation sites (tertiary alicyclic amines) is 1. The molecular weight excluding hydrogens is 262 g/mol. The highest BCUT2D eigenvalue weighted by Gasteiger charge is 2.46. The molecule has 1 saturated heterocycles. The number of hydrogen-bond acceptors (Lipinski definition) is 3. The van der Waals surface area contributed by atoms with E-state index in [0.717, 1.165) is 32.4 Å². The van der Waals surface area contributed by atoms with Crippen LogP contribution in [0, 0.1) is 17.3 Å². The smallest absolute Gasteiger partial charge is 0.226 e. The first kappa shape index (κ1) is 16.8. The fourth-order valence-corrected chi connectivity index (χ4v) is 4.09. The van der Waals surface area contributed by atoms with Crippen molar-refractivity contribution >= 4 is 5.91 Å². The molecule has 1 aliphatic heterocycles. The number of carbonyl (C=O) groups is 1. The molecule has 0 aromatic rings. The van der Waals surface area contributed by atoms with E-state index in [-0.39, 0.29) is 17.4 Å². The zero-order valence-corrected chi connectivity index (χ0v) is 14.4. The Kier molecular flexibility index (Phi) is 4.99. The fourth-order valence-electron chi connectivity index (χ4n) is 4.09. The Bertz CT molecular complexity index is 380. The summed E-state index contributed by atoms with van der Waals surface area (Å²) in [4.78, 5) is 17.4. The van der Waals surface area contributed by atoms with Crippen LogP contribution in [0.2, 0.25) is 0 Å². The second-order valence-electron chi connectivity index (χ2n) is 7.95. The molecule has 4 atom stereocenters. The summed E-state index contributed by atoms with van der Waals surface area (Å²) in [6, 6.07) is 0.744. The lowest BCUT2D eigenvalue weighted by Crippen LogP contribution is -2.55. The van der Waals surface area contributed by atoms with Crippen LogP contribution in [0.25, 0.3) is 0 Å². The van der Waals surface area contributed by atoms with Gasteiger partial charge in [0.2, 0.25) is 5.91 Å². The van der Waals surface area contributed by atoms with Crippen molar-refractivity contribution in [1.29, 1.82) is 0 Å². The van der Waals surface area contributed by atoms with Gasteiger partial charge in [0.15, 0.2) is 0 Å². The van der Waals surface area contributed by atoms with Crippen molar-refractivity contribution < 1.29 is 4.79 Å². The molecule has 4 nitrogen and oxygen atoms in total. The maximum Gasteiger partial charge on any atom is 0.226 e. The minimum atomic E-state index is -0.000188. The van der Waals surface area contributed by atoms with Crippen LogP contribution in [0.15, 0.2) is 0 Å². The number of likely N-dealkylation sites (N-methyl/N-ethyl adjacent to an activating group) is 1. The highest BCUT2D eigenvalue weighted by Crippen LogP contribution is 2.45.